The van der Waals surface area contributed by atoms with E-state index in [0.717, 1.165) is 10.9 Å². The van der Waals surface area contributed by atoms with Crippen molar-refractivity contribution in [1.82, 2.24) is 20.0 Å². The minimum absolute atomic E-state index is 0.0481. The van der Waals surface area contributed by atoms with Crippen LogP contribution in [0.25, 0.3) is 10.9 Å². The third-order valence-electron chi connectivity index (χ3n) is 4.87. The number of rotatable bonds is 4. The van der Waals surface area contributed by atoms with Crippen molar-refractivity contribution in [1.29, 1.82) is 0 Å². The van der Waals surface area contributed by atoms with Gasteiger partial charge in [-0.1, -0.05) is 18.2 Å². The summed E-state index contributed by atoms with van der Waals surface area (Å²) >= 11 is 0. The lowest BCUT2D eigenvalue weighted by molar-refractivity contribution is 0.0621. The number of nitrogens with zero attached hydrogens (tertiary/aromatic N) is 3. The summed E-state index contributed by atoms with van der Waals surface area (Å²) in [6.45, 7) is 2.56. The number of hydrogen-bond acceptors (Lipinski definition) is 4. The zero-order valence-corrected chi connectivity index (χ0v) is 14.7. The van der Waals surface area contributed by atoms with E-state index in [1.165, 1.54) is 24.3 Å². The van der Waals surface area contributed by atoms with Gasteiger partial charge in [-0.25, -0.2) is 4.39 Å². The molecule has 1 N–H and O–H groups in total. The Morgan fingerprint density at radius 1 is 1.00 bits per heavy atom. The molecule has 7 heteroatoms. The van der Waals surface area contributed by atoms with Crippen LogP contribution in [0, 0.1) is 5.82 Å². The lowest BCUT2D eigenvalue weighted by atomic mass is 10.1. The first kappa shape index (κ1) is 17.4. The predicted molar refractivity (Wildman–Crippen MR) is 99.2 cm³/mol. The van der Waals surface area contributed by atoms with E-state index in [4.69, 9.17) is 0 Å². The van der Waals surface area contributed by atoms with Crippen molar-refractivity contribution in [3.05, 3.63) is 65.6 Å². The lowest BCUT2D eigenvalue weighted by Gasteiger charge is -2.34. The molecule has 2 aromatic carbocycles. The molecule has 1 aliphatic rings. The number of Topliss-reactive ketones (excluding diaryl/α,β-unsaturated/α-hetero) is 1. The molecule has 1 fully saturated rings. The molecule has 0 saturated carbocycles. The molecule has 6 nitrogen and oxygen atoms in total. The van der Waals surface area contributed by atoms with Crippen molar-refractivity contribution in [3.63, 3.8) is 0 Å². The van der Waals surface area contributed by atoms with E-state index >= 15 is 0 Å². The zero-order valence-electron chi connectivity index (χ0n) is 14.7. The number of ketones is 1. The summed E-state index contributed by atoms with van der Waals surface area (Å²) in [5, 5.41) is 7.87. The minimum Gasteiger partial charge on any atom is -0.335 e. The number of H-pyrrole nitrogens is 1. The van der Waals surface area contributed by atoms with E-state index in [9.17, 15) is 14.0 Å². The van der Waals surface area contributed by atoms with Gasteiger partial charge in [-0.15, -0.1) is 0 Å². The molecule has 4 rings (SSSR count). The number of carbonyl (C=O) groups is 2. The largest absolute Gasteiger partial charge is 0.335 e. The number of para-hydroxylation sites is 1. The van der Waals surface area contributed by atoms with Crippen LogP contribution in [0.3, 0.4) is 0 Å². The summed E-state index contributed by atoms with van der Waals surface area (Å²) in [6.07, 6.45) is 0. The summed E-state index contributed by atoms with van der Waals surface area (Å²) in [5.74, 6) is -0.505. The summed E-state index contributed by atoms with van der Waals surface area (Å²) in [7, 11) is 0. The highest BCUT2D eigenvalue weighted by molar-refractivity contribution is 6.04. The second-order valence-corrected chi connectivity index (χ2v) is 6.62. The molecular weight excluding hydrogens is 347 g/mol. The average Bonchev–Trinajstić information content (AvgIpc) is 3.12. The van der Waals surface area contributed by atoms with Gasteiger partial charge in [-0.2, -0.15) is 5.10 Å². The predicted octanol–water partition coefficient (Wildman–Crippen LogP) is 2.34. The van der Waals surface area contributed by atoms with E-state index < -0.39 is 0 Å². The number of aromatic nitrogens is 2. The third-order valence-corrected chi connectivity index (χ3v) is 4.87. The minimum atomic E-state index is -0.357. The number of hydrogen-bond donors (Lipinski definition) is 1. The number of amides is 1. The van der Waals surface area contributed by atoms with E-state index in [0.29, 0.717) is 37.4 Å². The Hall–Kier alpha value is -3.06. The number of halogens is 1. The van der Waals surface area contributed by atoms with E-state index in [1.54, 1.807) is 4.90 Å². The maximum atomic E-state index is 13.0. The number of carbonyl (C=O) groups excluding carboxylic acids is 2. The molecule has 3 aromatic rings. The number of benzene rings is 2. The van der Waals surface area contributed by atoms with Crippen LogP contribution in [-0.2, 0) is 0 Å². The van der Waals surface area contributed by atoms with Gasteiger partial charge < -0.3 is 4.90 Å². The van der Waals surface area contributed by atoms with Gasteiger partial charge >= 0.3 is 0 Å². The fraction of sp³-hybridized carbons (Fsp3) is 0.250. The van der Waals surface area contributed by atoms with Gasteiger partial charge in [0.05, 0.1) is 12.1 Å². The highest BCUT2D eigenvalue weighted by atomic mass is 19.1. The lowest BCUT2D eigenvalue weighted by Crippen LogP contribution is -2.50. The molecule has 27 heavy (non-hydrogen) atoms. The Labute approximate surface area is 155 Å². The molecule has 0 bridgehead atoms. The highest BCUT2D eigenvalue weighted by Crippen LogP contribution is 2.18. The molecule has 0 aliphatic carbocycles. The fourth-order valence-corrected chi connectivity index (χ4v) is 3.32. The van der Waals surface area contributed by atoms with Crippen molar-refractivity contribution in [2.24, 2.45) is 0 Å². The van der Waals surface area contributed by atoms with Crippen molar-refractivity contribution in [2.75, 3.05) is 32.7 Å². The van der Waals surface area contributed by atoms with Gasteiger partial charge in [-0.3, -0.25) is 19.6 Å². The van der Waals surface area contributed by atoms with Crippen LogP contribution >= 0.6 is 0 Å². The standard InChI is InChI=1S/C20H19FN4O2/c21-15-7-5-14(6-8-15)18(26)13-24-9-11-25(12-10-24)20(27)19-16-3-1-2-4-17(16)22-23-19/h1-8H,9-13H2,(H,22,23). The van der Waals surface area contributed by atoms with Crippen LogP contribution in [-0.4, -0.2) is 64.4 Å². The molecule has 0 unspecified atom stereocenters. The van der Waals surface area contributed by atoms with E-state index in [1.807, 2.05) is 29.2 Å². The number of nitrogens with one attached hydrogen (secondary N) is 1. The summed E-state index contributed by atoms with van der Waals surface area (Å²) < 4.78 is 13.0. The fourth-order valence-electron chi connectivity index (χ4n) is 3.32. The van der Waals surface area contributed by atoms with Gasteiger partial charge in [0, 0.05) is 37.1 Å². The molecule has 1 saturated heterocycles. The van der Waals surface area contributed by atoms with E-state index in [2.05, 4.69) is 10.2 Å². The first-order chi connectivity index (χ1) is 13.1. The zero-order chi connectivity index (χ0) is 18.8. The van der Waals surface area contributed by atoms with Crippen LogP contribution in [0.5, 0.6) is 0 Å². The molecule has 0 radical (unpaired) electrons. The highest BCUT2D eigenvalue weighted by Gasteiger charge is 2.26. The first-order valence-electron chi connectivity index (χ1n) is 8.85. The van der Waals surface area contributed by atoms with Gasteiger partial charge in [0.15, 0.2) is 11.5 Å². The molecule has 1 aliphatic heterocycles. The molecule has 1 amide bonds. The average molecular weight is 366 g/mol. The number of aromatic amines is 1. The summed E-state index contributed by atoms with van der Waals surface area (Å²) in [4.78, 5) is 28.9. The van der Waals surface area contributed by atoms with Crippen molar-refractivity contribution in [2.45, 2.75) is 0 Å². The van der Waals surface area contributed by atoms with Crippen molar-refractivity contribution >= 4 is 22.6 Å². The maximum absolute atomic E-state index is 13.0. The smallest absolute Gasteiger partial charge is 0.275 e. The normalized spacial score (nSPS) is 15.2. The number of piperazine rings is 1. The monoisotopic (exact) mass is 366 g/mol. The summed E-state index contributed by atoms with van der Waals surface area (Å²) in [5.41, 5.74) is 1.77. The van der Waals surface area contributed by atoms with Gasteiger partial charge in [-0.05, 0) is 30.3 Å². The summed E-state index contributed by atoms with van der Waals surface area (Å²) in [6, 6.07) is 13.1. The second-order valence-electron chi connectivity index (χ2n) is 6.62. The topological polar surface area (TPSA) is 69.3 Å². The SMILES string of the molecule is O=C(CN1CCN(C(=O)c2n[nH]c3ccccc23)CC1)c1ccc(F)cc1. The van der Waals surface area contributed by atoms with Crippen molar-refractivity contribution < 1.29 is 14.0 Å². The molecule has 138 valence electrons. The Kier molecular flexibility index (Phi) is 4.68. The van der Waals surface area contributed by atoms with E-state index in [-0.39, 0.29) is 24.1 Å². The Morgan fingerprint density at radius 3 is 2.44 bits per heavy atom. The number of fused-ring (bicyclic) bond motifs is 1. The van der Waals surface area contributed by atoms with Gasteiger partial charge in [0.1, 0.15) is 5.82 Å². The molecular formula is C20H19FN4O2. The van der Waals surface area contributed by atoms with Crippen LogP contribution in [0.2, 0.25) is 0 Å². The third kappa shape index (κ3) is 3.59. The van der Waals surface area contributed by atoms with Gasteiger partial charge in [0.2, 0.25) is 0 Å². The van der Waals surface area contributed by atoms with Gasteiger partial charge in [0.25, 0.3) is 5.91 Å². The molecule has 0 spiro atoms. The molecule has 0 atom stereocenters. The Morgan fingerprint density at radius 2 is 1.70 bits per heavy atom. The van der Waals surface area contributed by atoms with Crippen LogP contribution in [0.15, 0.2) is 48.5 Å². The van der Waals surface area contributed by atoms with Crippen LogP contribution < -0.4 is 0 Å². The molecule has 1 aromatic heterocycles. The maximum Gasteiger partial charge on any atom is 0.275 e. The molecule has 2 heterocycles. The Bertz CT molecular complexity index is 975. The quantitative estimate of drug-likeness (QED) is 0.720. The first-order valence-corrected chi connectivity index (χ1v) is 8.85. The van der Waals surface area contributed by atoms with Crippen molar-refractivity contribution in [3.8, 4) is 0 Å². The van der Waals surface area contributed by atoms with Crippen LogP contribution in [0.1, 0.15) is 20.8 Å². The Balaban J connectivity index is 1.36. The second kappa shape index (κ2) is 7.28. The van der Waals surface area contributed by atoms with Crippen LogP contribution in [0.4, 0.5) is 4.39 Å².